The van der Waals surface area contributed by atoms with Crippen molar-refractivity contribution in [2.75, 3.05) is 7.11 Å². The number of nitrogens with zero attached hydrogens (tertiary/aromatic N) is 3. The molecule has 0 aliphatic heterocycles. The van der Waals surface area contributed by atoms with Gasteiger partial charge in [-0.1, -0.05) is 51.3 Å². The molecule has 0 aliphatic rings. The summed E-state index contributed by atoms with van der Waals surface area (Å²) in [7, 11) is 1.64. The lowest BCUT2D eigenvalue weighted by atomic mass is 10.2. The van der Waals surface area contributed by atoms with Gasteiger partial charge in [-0.25, -0.2) is 4.98 Å². The van der Waals surface area contributed by atoms with Crippen LogP contribution in [-0.4, -0.2) is 29.6 Å². The smallest absolute Gasteiger partial charge is 0.420 e. The molecular weight excluding hydrogens is 456 g/mol. The van der Waals surface area contributed by atoms with Crippen LogP contribution in [-0.2, 0) is 0 Å². The summed E-state index contributed by atoms with van der Waals surface area (Å²) in [6, 6.07) is 22.7. The molecule has 31 heavy (non-hydrogen) atoms. The number of phenols is 1. The van der Waals surface area contributed by atoms with Gasteiger partial charge in [0.15, 0.2) is 0 Å². The Morgan fingerprint density at radius 2 is 1.77 bits per heavy atom. The maximum absolute atomic E-state index is 10.1. The van der Waals surface area contributed by atoms with Crippen LogP contribution in [0, 0.1) is 0 Å². The standard InChI is InChI=1S/C24H19BrN4O2/c1-31-21-10-7-17(8-11-21)14-27-29-16-22(18-5-3-2-4-6-18)28-24(29)26-15-19-13-20(25)9-12-23(19)30/h2-16H,1H3,(H,26,28,30)/p+1. The monoisotopic (exact) mass is 475 g/mol. The molecule has 1 aromatic heterocycles. The Bertz CT molecular complexity index is 1230. The van der Waals surface area contributed by atoms with Crippen LogP contribution in [0.15, 0.2) is 93.6 Å². The summed E-state index contributed by atoms with van der Waals surface area (Å²) in [5, 5.41) is 14.7. The number of aromatic amines is 1. The highest BCUT2D eigenvalue weighted by molar-refractivity contribution is 9.10. The van der Waals surface area contributed by atoms with Crippen molar-refractivity contribution in [2.24, 2.45) is 10.1 Å². The number of phenolic OH excluding ortho intramolecular Hbond substituents is 1. The van der Waals surface area contributed by atoms with E-state index in [2.05, 4.69) is 31.0 Å². The summed E-state index contributed by atoms with van der Waals surface area (Å²) >= 11 is 3.41. The van der Waals surface area contributed by atoms with E-state index in [9.17, 15) is 5.11 Å². The van der Waals surface area contributed by atoms with Crippen LogP contribution in [0.1, 0.15) is 11.1 Å². The number of aromatic hydroxyl groups is 1. The van der Waals surface area contributed by atoms with Gasteiger partial charge in [0.1, 0.15) is 29.6 Å². The zero-order valence-corrected chi connectivity index (χ0v) is 18.3. The number of nitrogens with one attached hydrogen (secondary N) is 1. The predicted molar refractivity (Wildman–Crippen MR) is 125 cm³/mol. The van der Waals surface area contributed by atoms with Crippen LogP contribution in [0.25, 0.3) is 11.3 Å². The Hall–Kier alpha value is -3.71. The van der Waals surface area contributed by atoms with E-state index in [1.54, 1.807) is 42.4 Å². The minimum absolute atomic E-state index is 0.148. The summed E-state index contributed by atoms with van der Waals surface area (Å²) in [4.78, 5) is 7.83. The quantitative estimate of drug-likeness (QED) is 0.301. The molecule has 0 saturated heterocycles. The second-order valence-electron chi connectivity index (χ2n) is 6.68. The zero-order valence-electron chi connectivity index (χ0n) is 16.7. The molecule has 0 fully saturated rings. The molecule has 6 nitrogen and oxygen atoms in total. The van der Waals surface area contributed by atoms with E-state index in [0.717, 1.165) is 27.0 Å². The van der Waals surface area contributed by atoms with Gasteiger partial charge in [-0.15, -0.1) is 9.78 Å². The van der Waals surface area contributed by atoms with Crippen molar-refractivity contribution < 1.29 is 14.5 Å². The Labute approximate surface area is 188 Å². The van der Waals surface area contributed by atoms with E-state index >= 15 is 0 Å². The fraction of sp³-hybridized carbons (Fsp3) is 0.0417. The minimum atomic E-state index is 0.148. The molecule has 3 aromatic carbocycles. The maximum Gasteiger partial charge on any atom is 0.420 e. The van der Waals surface area contributed by atoms with E-state index in [-0.39, 0.29) is 5.75 Å². The third-order valence-corrected chi connectivity index (χ3v) is 5.06. The van der Waals surface area contributed by atoms with Crippen molar-refractivity contribution in [1.82, 2.24) is 4.98 Å². The van der Waals surface area contributed by atoms with E-state index in [4.69, 9.17) is 4.74 Å². The molecule has 2 N–H and O–H groups in total. The van der Waals surface area contributed by atoms with E-state index in [1.807, 2.05) is 60.8 Å². The number of hydrogen-bond donors (Lipinski definition) is 2. The van der Waals surface area contributed by atoms with Crippen LogP contribution < -0.4 is 9.41 Å². The molecule has 0 saturated carbocycles. The highest BCUT2D eigenvalue weighted by Gasteiger charge is 2.15. The first-order valence-corrected chi connectivity index (χ1v) is 10.3. The predicted octanol–water partition coefficient (Wildman–Crippen LogP) is 5.08. The third kappa shape index (κ3) is 5.07. The van der Waals surface area contributed by atoms with E-state index < -0.39 is 0 Å². The molecule has 4 rings (SSSR count). The summed E-state index contributed by atoms with van der Waals surface area (Å²) in [5.41, 5.74) is 3.41. The van der Waals surface area contributed by atoms with Crippen LogP contribution in [0.2, 0.25) is 0 Å². The van der Waals surface area contributed by atoms with E-state index in [1.165, 1.54) is 0 Å². The number of methoxy groups -OCH3 is 1. The number of ether oxygens (including phenoxy) is 1. The largest absolute Gasteiger partial charge is 0.507 e. The van der Waals surface area contributed by atoms with Crippen molar-refractivity contribution >= 4 is 34.3 Å². The van der Waals surface area contributed by atoms with Crippen molar-refractivity contribution in [3.63, 3.8) is 0 Å². The Balaban J connectivity index is 1.70. The molecule has 0 atom stereocenters. The zero-order chi connectivity index (χ0) is 21.6. The van der Waals surface area contributed by atoms with Gasteiger partial charge in [-0.05, 0) is 48.0 Å². The second kappa shape index (κ2) is 9.40. The Morgan fingerprint density at radius 1 is 1.00 bits per heavy atom. The number of aromatic nitrogens is 2. The fourth-order valence-corrected chi connectivity index (χ4v) is 3.29. The number of aliphatic imine (C=N–C) groups is 1. The van der Waals surface area contributed by atoms with Gasteiger partial charge in [0.05, 0.1) is 18.9 Å². The molecule has 0 amide bonds. The lowest BCUT2D eigenvalue weighted by molar-refractivity contribution is -0.663. The highest BCUT2D eigenvalue weighted by Crippen LogP contribution is 2.22. The molecule has 154 valence electrons. The minimum Gasteiger partial charge on any atom is -0.507 e. The summed E-state index contributed by atoms with van der Waals surface area (Å²) in [6.45, 7) is 0. The van der Waals surface area contributed by atoms with Crippen LogP contribution in [0.3, 0.4) is 0 Å². The summed E-state index contributed by atoms with van der Waals surface area (Å²) < 4.78 is 7.72. The summed E-state index contributed by atoms with van der Waals surface area (Å²) in [6.07, 6.45) is 5.22. The van der Waals surface area contributed by atoms with Gasteiger partial charge in [0.25, 0.3) is 0 Å². The van der Waals surface area contributed by atoms with Crippen molar-refractivity contribution in [3.05, 3.63) is 94.6 Å². The lowest BCUT2D eigenvalue weighted by Gasteiger charge is -1.98. The Morgan fingerprint density at radius 3 is 2.52 bits per heavy atom. The first kappa shape index (κ1) is 20.6. The molecule has 0 unspecified atom stereocenters. The van der Waals surface area contributed by atoms with Crippen molar-refractivity contribution in [3.8, 4) is 22.8 Å². The number of rotatable bonds is 6. The van der Waals surface area contributed by atoms with Crippen molar-refractivity contribution in [2.45, 2.75) is 0 Å². The van der Waals surface area contributed by atoms with Gasteiger partial charge in [0.2, 0.25) is 0 Å². The fourth-order valence-electron chi connectivity index (χ4n) is 2.92. The van der Waals surface area contributed by atoms with Gasteiger partial charge in [0, 0.05) is 10.0 Å². The first-order chi connectivity index (χ1) is 15.1. The lowest BCUT2D eigenvalue weighted by Crippen LogP contribution is -2.25. The molecule has 4 aromatic rings. The SMILES string of the molecule is COc1ccc(C=N[n+]2cc(-c3ccccc3)[nH]c2N=Cc2cc(Br)ccc2O)cc1. The van der Waals surface area contributed by atoms with Crippen molar-refractivity contribution in [1.29, 1.82) is 0 Å². The molecule has 0 bridgehead atoms. The third-order valence-electron chi connectivity index (χ3n) is 4.56. The van der Waals surface area contributed by atoms with Gasteiger partial charge < -0.3 is 9.84 Å². The number of imidazole rings is 1. The van der Waals surface area contributed by atoms with Gasteiger partial charge in [-0.2, -0.15) is 0 Å². The average Bonchev–Trinajstić information content (AvgIpc) is 3.22. The van der Waals surface area contributed by atoms with Gasteiger partial charge in [-0.3, -0.25) is 0 Å². The number of hydrogen-bond acceptors (Lipinski definition) is 4. The Kier molecular flexibility index (Phi) is 6.24. The topological polar surface area (TPSA) is 73.8 Å². The molecule has 0 spiro atoms. The number of H-pyrrole nitrogens is 1. The van der Waals surface area contributed by atoms with E-state index in [0.29, 0.717) is 11.5 Å². The normalized spacial score (nSPS) is 11.4. The molecule has 7 heteroatoms. The molecular formula is C24H20BrN4O2+. The van der Waals surface area contributed by atoms with Crippen LogP contribution in [0.4, 0.5) is 5.95 Å². The maximum atomic E-state index is 10.1. The summed E-state index contributed by atoms with van der Waals surface area (Å²) in [5.74, 6) is 1.45. The molecule has 0 aliphatic carbocycles. The number of halogens is 1. The highest BCUT2D eigenvalue weighted by atomic mass is 79.9. The molecule has 1 heterocycles. The van der Waals surface area contributed by atoms with Crippen LogP contribution in [0.5, 0.6) is 11.5 Å². The van der Waals surface area contributed by atoms with Gasteiger partial charge >= 0.3 is 5.95 Å². The number of benzene rings is 3. The molecule has 0 radical (unpaired) electrons. The van der Waals surface area contributed by atoms with Crippen LogP contribution >= 0.6 is 15.9 Å². The second-order valence-corrected chi connectivity index (χ2v) is 7.60. The average molecular weight is 476 g/mol. The first-order valence-electron chi connectivity index (χ1n) is 9.53.